The minimum absolute atomic E-state index is 0.668. The molecular formula is C12H9N5. The van der Waals surface area contributed by atoms with E-state index >= 15 is 0 Å². The van der Waals surface area contributed by atoms with Gasteiger partial charge in [0.15, 0.2) is 5.82 Å². The third-order valence-electron chi connectivity index (χ3n) is 2.40. The highest BCUT2D eigenvalue weighted by Gasteiger charge is 2.02. The smallest absolute Gasteiger partial charge is 0.162 e. The number of hydrogen-bond acceptors (Lipinski definition) is 4. The van der Waals surface area contributed by atoms with Crippen molar-refractivity contribution in [1.82, 2.24) is 24.5 Å². The summed E-state index contributed by atoms with van der Waals surface area (Å²) in [5, 5.41) is 0. The molecule has 0 saturated heterocycles. The average molecular weight is 223 g/mol. The van der Waals surface area contributed by atoms with E-state index < -0.39 is 0 Å². The predicted octanol–water partition coefficient (Wildman–Crippen LogP) is 1.72. The van der Waals surface area contributed by atoms with Gasteiger partial charge in [0.2, 0.25) is 0 Å². The molecule has 0 N–H and O–H groups in total. The van der Waals surface area contributed by atoms with Gasteiger partial charge in [0, 0.05) is 23.6 Å². The van der Waals surface area contributed by atoms with E-state index in [1.54, 1.807) is 12.5 Å². The van der Waals surface area contributed by atoms with E-state index in [-0.39, 0.29) is 0 Å². The van der Waals surface area contributed by atoms with Crippen molar-refractivity contribution in [2.45, 2.75) is 0 Å². The van der Waals surface area contributed by atoms with Gasteiger partial charge in [-0.15, -0.1) is 0 Å². The lowest BCUT2D eigenvalue weighted by Gasteiger charge is -2.04. The largest absolute Gasteiger partial charge is 0.306 e. The molecule has 17 heavy (non-hydrogen) atoms. The number of imidazole rings is 1. The van der Waals surface area contributed by atoms with Gasteiger partial charge in [-0.25, -0.2) is 19.9 Å². The van der Waals surface area contributed by atoms with E-state index in [9.17, 15) is 0 Å². The Morgan fingerprint density at radius 3 is 2.65 bits per heavy atom. The van der Waals surface area contributed by atoms with Gasteiger partial charge in [-0.1, -0.05) is 12.1 Å². The van der Waals surface area contributed by atoms with Crippen LogP contribution in [-0.2, 0) is 0 Å². The number of nitrogens with zero attached hydrogens (tertiary/aromatic N) is 5. The quantitative estimate of drug-likeness (QED) is 0.663. The van der Waals surface area contributed by atoms with E-state index in [0.29, 0.717) is 5.82 Å². The van der Waals surface area contributed by atoms with E-state index in [0.717, 1.165) is 11.3 Å². The molecule has 0 spiro atoms. The van der Waals surface area contributed by atoms with Crippen LogP contribution >= 0.6 is 0 Å². The summed E-state index contributed by atoms with van der Waals surface area (Å²) in [5.74, 6) is 0.668. The summed E-state index contributed by atoms with van der Waals surface area (Å²) in [6.07, 6.45) is 8.38. The molecular weight excluding hydrogens is 214 g/mol. The van der Waals surface area contributed by atoms with Gasteiger partial charge in [-0.2, -0.15) is 0 Å². The maximum atomic E-state index is 4.12. The van der Waals surface area contributed by atoms with Crippen LogP contribution in [0.3, 0.4) is 0 Å². The molecule has 2 heterocycles. The Bertz CT molecular complexity index is 604. The molecule has 0 amide bonds. The van der Waals surface area contributed by atoms with Gasteiger partial charge in [-0.3, -0.25) is 0 Å². The normalized spacial score (nSPS) is 10.4. The zero-order chi connectivity index (χ0) is 11.5. The van der Waals surface area contributed by atoms with Crippen LogP contribution in [0.1, 0.15) is 0 Å². The van der Waals surface area contributed by atoms with E-state index in [4.69, 9.17) is 0 Å². The number of aromatic nitrogens is 5. The van der Waals surface area contributed by atoms with Gasteiger partial charge in [0.05, 0.1) is 6.33 Å². The third-order valence-corrected chi connectivity index (χ3v) is 2.40. The summed E-state index contributed by atoms with van der Waals surface area (Å²) >= 11 is 0. The Labute approximate surface area is 97.8 Å². The number of rotatable bonds is 2. The molecule has 0 unspecified atom stereocenters. The zero-order valence-electron chi connectivity index (χ0n) is 8.93. The monoisotopic (exact) mass is 223 g/mol. The van der Waals surface area contributed by atoms with Gasteiger partial charge < -0.3 is 4.57 Å². The second-order valence-electron chi connectivity index (χ2n) is 3.48. The molecule has 0 aliphatic rings. The Morgan fingerprint density at radius 2 is 1.88 bits per heavy atom. The molecule has 2 aromatic heterocycles. The second-order valence-corrected chi connectivity index (χ2v) is 3.48. The SMILES string of the molecule is c1cc(-c2ncncn2)cc(-n2ccnc2)c1. The molecule has 0 bridgehead atoms. The van der Waals surface area contributed by atoms with Crippen LogP contribution in [0.5, 0.6) is 0 Å². The van der Waals surface area contributed by atoms with Crippen molar-refractivity contribution < 1.29 is 0 Å². The van der Waals surface area contributed by atoms with Gasteiger partial charge in [0.1, 0.15) is 12.7 Å². The lowest BCUT2D eigenvalue weighted by Crippen LogP contribution is -1.93. The summed E-state index contributed by atoms with van der Waals surface area (Å²) in [6, 6.07) is 7.95. The molecule has 0 aliphatic carbocycles. The summed E-state index contributed by atoms with van der Waals surface area (Å²) < 4.78 is 1.94. The van der Waals surface area contributed by atoms with Crippen molar-refractivity contribution in [3.8, 4) is 17.1 Å². The zero-order valence-corrected chi connectivity index (χ0v) is 8.93. The molecule has 3 aromatic rings. The number of benzene rings is 1. The average Bonchev–Trinajstić information content (AvgIpc) is 2.94. The van der Waals surface area contributed by atoms with Crippen molar-refractivity contribution in [3.05, 3.63) is 55.6 Å². The first-order chi connectivity index (χ1) is 8.43. The van der Waals surface area contributed by atoms with Crippen molar-refractivity contribution in [3.63, 3.8) is 0 Å². The fourth-order valence-electron chi connectivity index (χ4n) is 1.61. The van der Waals surface area contributed by atoms with Crippen LogP contribution in [0.2, 0.25) is 0 Å². The Balaban J connectivity index is 2.06. The van der Waals surface area contributed by atoms with Crippen molar-refractivity contribution in [1.29, 1.82) is 0 Å². The molecule has 0 radical (unpaired) electrons. The fraction of sp³-hybridized carbons (Fsp3) is 0. The van der Waals surface area contributed by atoms with Crippen LogP contribution < -0.4 is 0 Å². The Hall–Kier alpha value is -2.56. The number of hydrogen-bond donors (Lipinski definition) is 0. The van der Waals surface area contributed by atoms with E-state index in [1.807, 2.05) is 35.0 Å². The molecule has 5 nitrogen and oxygen atoms in total. The van der Waals surface area contributed by atoms with Crippen molar-refractivity contribution in [2.75, 3.05) is 0 Å². The Kier molecular flexibility index (Phi) is 2.34. The van der Waals surface area contributed by atoms with Crippen LogP contribution in [0, 0.1) is 0 Å². The lowest BCUT2D eigenvalue weighted by molar-refractivity contribution is 1.04. The second kappa shape index (κ2) is 4.13. The molecule has 0 atom stereocenters. The maximum Gasteiger partial charge on any atom is 0.162 e. The van der Waals surface area contributed by atoms with Gasteiger partial charge in [0.25, 0.3) is 0 Å². The van der Waals surface area contributed by atoms with Gasteiger partial charge in [-0.05, 0) is 12.1 Å². The maximum absolute atomic E-state index is 4.12. The molecule has 0 fully saturated rings. The first-order valence-corrected chi connectivity index (χ1v) is 5.14. The molecule has 82 valence electrons. The van der Waals surface area contributed by atoms with Crippen LogP contribution in [0.4, 0.5) is 0 Å². The molecule has 3 rings (SSSR count). The predicted molar refractivity (Wildman–Crippen MR) is 62.4 cm³/mol. The fourth-order valence-corrected chi connectivity index (χ4v) is 1.61. The molecule has 0 aliphatic heterocycles. The molecule has 0 saturated carbocycles. The highest BCUT2D eigenvalue weighted by atomic mass is 15.0. The molecule has 5 heteroatoms. The first kappa shape index (κ1) is 9.65. The summed E-state index contributed by atoms with van der Waals surface area (Å²) in [6.45, 7) is 0. The van der Waals surface area contributed by atoms with Crippen LogP contribution in [0.15, 0.2) is 55.6 Å². The van der Waals surface area contributed by atoms with Gasteiger partial charge >= 0.3 is 0 Å². The lowest BCUT2D eigenvalue weighted by atomic mass is 10.2. The first-order valence-electron chi connectivity index (χ1n) is 5.14. The standard InChI is InChI=1S/C12H9N5/c1-2-10(12-15-7-14-8-16-12)6-11(3-1)17-5-4-13-9-17/h1-9H. The summed E-state index contributed by atoms with van der Waals surface area (Å²) in [4.78, 5) is 16.1. The van der Waals surface area contributed by atoms with Crippen LogP contribution in [0.25, 0.3) is 17.1 Å². The third kappa shape index (κ3) is 1.90. The van der Waals surface area contributed by atoms with Crippen LogP contribution in [-0.4, -0.2) is 24.5 Å². The summed E-state index contributed by atoms with van der Waals surface area (Å²) in [5.41, 5.74) is 1.99. The van der Waals surface area contributed by atoms with Crippen molar-refractivity contribution in [2.24, 2.45) is 0 Å². The minimum Gasteiger partial charge on any atom is -0.306 e. The summed E-state index contributed by atoms with van der Waals surface area (Å²) in [7, 11) is 0. The highest BCUT2D eigenvalue weighted by Crippen LogP contribution is 2.17. The van der Waals surface area contributed by atoms with E-state index in [1.165, 1.54) is 12.7 Å². The topological polar surface area (TPSA) is 56.5 Å². The highest BCUT2D eigenvalue weighted by molar-refractivity contribution is 5.58. The Morgan fingerprint density at radius 1 is 1.00 bits per heavy atom. The minimum atomic E-state index is 0.668. The molecule has 1 aromatic carbocycles. The van der Waals surface area contributed by atoms with Crippen molar-refractivity contribution >= 4 is 0 Å². The van der Waals surface area contributed by atoms with E-state index in [2.05, 4.69) is 19.9 Å².